The van der Waals surface area contributed by atoms with E-state index in [1.165, 1.54) is 12.7 Å². The molecule has 0 spiro atoms. The quantitative estimate of drug-likeness (QED) is 0.0421. The number of hydrogen-bond donors (Lipinski definition) is 6. The Balaban J connectivity index is 0.000000179. The summed E-state index contributed by atoms with van der Waals surface area (Å²) >= 11 is 42.0. The molecular weight excluding hydrogens is 1700 g/mol. The third-order valence-corrected chi connectivity index (χ3v) is 23.2. The molecule has 0 atom stereocenters. The van der Waals surface area contributed by atoms with E-state index in [9.17, 15) is 43.2 Å². The summed E-state index contributed by atoms with van der Waals surface area (Å²) in [7, 11) is 3.02. The summed E-state index contributed by atoms with van der Waals surface area (Å²) in [5, 5.41) is 18.3. The van der Waals surface area contributed by atoms with Crippen LogP contribution in [0.2, 0.25) is 25.1 Å². The molecule has 7 amide bonds. The first-order chi connectivity index (χ1) is 58.0. The van der Waals surface area contributed by atoms with Crippen molar-refractivity contribution in [3.63, 3.8) is 0 Å². The fourth-order valence-electron chi connectivity index (χ4n) is 14.3. The summed E-state index contributed by atoms with van der Waals surface area (Å²) in [6, 6.07) is 35.2. The number of H-pyrrole nitrogens is 2. The molecule has 0 unspecified atom stereocenters. The van der Waals surface area contributed by atoms with Crippen molar-refractivity contribution < 1.29 is 57.7 Å². The fraction of sp³-hybridized carbons (Fsp3) is 0.359. The van der Waals surface area contributed by atoms with E-state index in [0.29, 0.717) is 132 Å². The van der Waals surface area contributed by atoms with Crippen molar-refractivity contribution in [2.75, 3.05) is 46.9 Å². The van der Waals surface area contributed by atoms with Gasteiger partial charge in [0.1, 0.15) is 12.4 Å². The number of fused-ring (bicyclic) bond motifs is 5. The molecular formula is C92H102Cl7N9O14. The summed E-state index contributed by atoms with van der Waals surface area (Å²) < 4.78 is 16.6. The number of carboxylic acid groups (broad SMARTS) is 1. The number of carbonyl (C=O) groups is 8. The highest BCUT2D eigenvalue weighted by Gasteiger charge is 2.31. The molecule has 15 rings (SSSR count). The monoisotopic (exact) mass is 1800 g/mol. The number of halogens is 7. The van der Waals surface area contributed by atoms with Gasteiger partial charge in [-0.1, -0.05) is 124 Å². The van der Waals surface area contributed by atoms with Crippen LogP contribution < -0.4 is 41.3 Å². The van der Waals surface area contributed by atoms with Gasteiger partial charge in [-0.15, -0.1) is 11.6 Å². The lowest BCUT2D eigenvalue weighted by Gasteiger charge is -2.22. The van der Waals surface area contributed by atoms with Crippen molar-refractivity contribution in [1.29, 1.82) is 0 Å². The molecule has 9 aromatic rings. The Labute approximate surface area is 745 Å². The number of nitrogens with one attached hydrogen (secondary N) is 5. The van der Waals surface area contributed by atoms with Gasteiger partial charge in [0.25, 0.3) is 46.6 Å². The van der Waals surface area contributed by atoms with Crippen molar-refractivity contribution >= 4 is 129 Å². The van der Waals surface area contributed by atoms with Crippen LogP contribution in [0.3, 0.4) is 0 Å². The summed E-state index contributed by atoms with van der Waals surface area (Å²) in [6.07, 6.45) is 9.44. The second-order valence-electron chi connectivity index (χ2n) is 30.0. The van der Waals surface area contributed by atoms with Gasteiger partial charge in [0, 0.05) is 114 Å². The van der Waals surface area contributed by atoms with Gasteiger partial charge < -0.3 is 55.0 Å². The van der Waals surface area contributed by atoms with Crippen LogP contribution in [-0.2, 0) is 72.1 Å². The van der Waals surface area contributed by atoms with E-state index < -0.39 is 5.97 Å². The molecule has 1 fully saturated rings. The number of methoxy groups -OCH3 is 2. The van der Waals surface area contributed by atoms with Crippen LogP contribution in [-0.4, -0.2) is 129 Å². The van der Waals surface area contributed by atoms with E-state index in [1.54, 1.807) is 29.0 Å². The van der Waals surface area contributed by atoms with Gasteiger partial charge in [0.05, 0.1) is 70.0 Å². The topological polar surface area (TPSA) is 309 Å². The maximum Gasteiger partial charge on any atom is 0.300 e. The van der Waals surface area contributed by atoms with Crippen LogP contribution in [0.15, 0.2) is 119 Å². The minimum atomic E-state index is -0.833. The zero-order valence-electron chi connectivity index (χ0n) is 70.4. The number of rotatable bonds is 10. The van der Waals surface area contributed by atoms with E-state index in [2.05, 4.69) is 43.0 Å². The number of hydrogen-bond acceptors (Lipinski definition) is 14. The number of aromatic amines is 2. The Kier molecular flexibility index (Phi) is 36.9. The molecule has 648 valence electrons. The highest BCUT2D eigenvalue weighted by atomic mass is 35.5. The number of benzene rings is 6. The van der Waals surface area contributed by atoms with Crippen LogP contribution in [0, 0.1) is 62.3 Å². The SMILES string of the molecule is CC(=O)O.COc1c(Cl)cc2c(c1Cl)C(=O)NCCC2.COc1ccc2c(c1Cl)C(=O)NCCC2.Cc1cc(C)c(CCl)c(OCc2ccccc2)n1.Cc1cc(C)c(CN2CCCc3cc(Cl)c(C)cc3C2=O)c(=O)[nH]1.Cc1cc(C)c(CN2CCCc3ccc(C)c(Cl)c3C2=O)c(=O)[nH]1.Cc1ccc2c(c1)C(=O)NCCC2.O=C1CCC(=O)N1Cl. The Morgan fingerprint density at radius 3 is 1.51 bits per heavy atom. The van der Waals surface area contributed by atoms with Gasteiger partial charge >= 0.3 is 0 Å². The molecule has 30 heteroatoms. The minimum absolute atomic E-state index is 0.0263. The van der Waals surface area contributed by atoms with Gasteiger partial charge in [-0.2, -0.15) is 4.42 Å². The Morgan fingerprint density at radius 2 is 0.967 bits per heavy atom. The third-order valence-electron chi connectivity index (χ3n) is 20.6. The number of aryl methyl sites for hydroxylation is 14. The van der Waals surface area contributed by atoms with Gasteiger partial charge in [-0.3, -0.25) is 47.9 Å². The fourth-order valence-corrected chi connectivity index (χ4v) is 16.3. The lowest BCUT2D eigenvalue weighted by Crippen LogP contribution is -2.33. The van der Waals surface area contributed by atoms with Gasteiger partial charge in [-0.25, -0.2) is 4.98 Å². The number of amides is 7. The molecule has 122 heavy (non-hydrogen) atoms. The van der Waals surface area contributed by atoms with Gasteiger partial charge in [0.15, 0.2) is 5.75 Å². The van der Waals surface area contributed by atoms with Crippen molar-refractivity contribution in [1.82, 2.24) is 45.1 Å². The molecule has 6 aromatic carbocycles. The lowest BCUT2D eigenvalue weighted by atomic mass is 10.0. The number of alkyl halides is 1. The maximum absolute atomic E-state index is 13.0. The van der Waals surface area contributed by atoms with Crippen molar-refractivity contribution in [3.8, 4) is 17.4 Å². The predicted octanol–water partition coefficient (Wildman–Crippen LogP) is 17.9. The first kappa shape index (κ1) is 97.2. The molecule has 6 N–H and O–H groups in total. The highest BCUT2D eigenvalue weighted by Crippen LogP contribution is 2.39. The van der Waals surface area contributed by atoms with E-state index in [4.69, 9.17) is 105 Å². The first-order valence-corrected chi connectivity index (χ1v) is 42.6. The summed E-state index contributed by atoms with van der Waals surface area (Å²) in [5.41, 5.74) is 19.9. The largest absolute Gasteiger partial charge is 0.495 e. The highest BCUT2D eigenvalue weighted by molar-refractivity contribution is 6.40. The molecule has 23 nitrogen and oxygen atoms in total. The molecule has 0 aliphatic carbocycles. The zero-order chi connectivity index (χ0) is 89.3. The standard InChI is InChI=1S/2C19H21ClN2O2.C15H16ClNO.C11H11Cl2NO2.C11H12ClNO2.C11H13NO.C4H4ClNO2.C2H4O2/c1-11-6-7-14-5-4-8-22(19(24)16(14)17(11)20)10-15-12(2)9-13(3)21-18(15)23;1-11-7-13(3)21-18(23)16(11)10-22-6-4-5-14-9-17(20)12(2)8-15(14)19(22)24;1-11-8-12(2)17-15(14(11)9-16)18-10-13-6-4-3-5-7-13;1-16-10-7(12)5-6-3-2-4-14-11(15)8(6)9(10)13;1-15-8-5-4-7-3-2-6-13-11(14)9(7)10(8)12;1-8-4-5-9-3-2-6-12-11(13)10(9)7-8;5-6-3(7)1-2-4(6)8;1-2(3)4/h6-7,9H,4-5,8,10H2,1-3H3,(H,21,23);7-9H,4-6,10H2,1-3H3,(H,21,23);3-8H,9-10H2,1-2H3;5H,2-4H2,1H3,(H,14,15);4-5H,2-3,6H2,1H3,(H,13,14);4-5,7H,2-3,6H2,1H3,(H,12,13);1-2H2;1H3,(H,3,4). The number of ether oxygens (including phenoxy) is 3. The number of carboxylic acids is 1. The van der Waals surface area contributed by atoms with Gasteiger partial charge in [-0.05, 0) is 236 Å². The van der Waals surface area contributed by atoms with Crippen molar-refractivity contribution in [2.24, 2.45) is 0 Å². The average Bonchev–Trinajstić information content (AvgIpc) is 1.35. The smallest absolute Gasteiger partial charge is 0.300 e. The zero-order valence-corrected chi connectivity index (χ0v) is 75.7. The molecule has 0 bridgehead atoms. The average molecular weight is 1810 g/mol. The van der Waals surface area contributed by atoms with E-state index in [-0.39, 0.29) is 65.3 Å². The Hall–Kier alpha value is -10.2. The van der Waals surface area contributed by atoms with Crippen LogP contribution in [0.1, 0.15) is 204 Å². The summed E-state index contributed by atoms with van der Waals surface area (Å²) in [6.45, 7) is 23.0. The number of imide groups is 1. The summed E-state index contributed by atoms with van der Waals surface area (Å²) in [4.78, 5) is 129. The van der Waals surface area contributed by atoms with Gasteiger partial charge in [0.2, 0.25) is 17.7 Å². The van der Waals surface area contributed by atoms with Crippen LogP contribution in [0.5, 0.6) is 17.4 Å². The minimum Gasteiger partial charge on any atom is -0.495 e. The van der Waals surface area contributed by atoms with Crippen LogP contribution in [0.25, 0.3) is 0 Å². The Morgan fingerprint density at radius 1 is 0.475 bits per heavy atom. The molecule has 9 heterocycles. The third kappa shape index (κ3) is 26.4. The van der Waals surface area contributed by atoms with E-state index >= 15 is 0 Å². The number of carbonyl (C=O) groups excluding carboxylic acids is 7. The second-order valence-corrected chi connectivity index (χ2v) is 32.5. The molecule has 6 aliphatic heterocycles. The number of nitrogens with zero attached hydrogens (tertiary/aromatic N) is 4. The van der Waals surface area contributed by atoms with E-state index in [0.717, 1.165) is 167 Å². The number of aliphatic carboxylic acids is 1. The molecule has 1 saturated heterocycles. The lowest BCUT2D eigenvalue weighted by molar-refractivity contribution is -0.135. The number of pyridine rings is 3. The molecule has 6 aliphatic rings. The second kappa shape index (κ2) is 46.3. The van der Waals surface area contributed by atoms with Crippen molar-refractivity contribution in [3.05, 3.63) is 283 Å². The van der Waals surface area contributed by atoms with Crippen LogP contribution in [0.4, 0.5) is 0 Å². The predicted molar refractivity (Wildman–Crippen MR) is 480 cm³/mol. The summed E-state index contributed by atoms with van der Waals surface area (Å²) in [5.74, 6) is 0.252. The van der Waals surface area contributed by atoms with E-state index in [1.807, 2.05) is 147 Å². The molecule has 3 aromatic heterocycles. The van der Waals surface area contributed by atoms with Crippen LogP contribution >= 0.6 is 81.4 Å². The van der Waals surface area contributed by atoms with Crippen molar-refractivity contribution in [2.45, 2.75) is 172 Å². The molecule has 0 radical (unpaired) electrons. The molecule has 0 saturated carbocycles. The Bertz CT molecular complexity index is 5460. The normalized spacial score (nSPS) is 14.3. The maximum atomic E-state index is 13.0. The first-order valence-electron chi connectivity index (χ1n) is 39.9. The number of aromatic nitrogens is 3.